The van der Waals surface area contributed by atoms with Crippen LogP contribution in [0.25, 0.3) is 0 Å². The normalized spacial score (nSPS) is 12.3. The number of nitrogen functional groups attached to an aromatic ring is 1. The molecule has 2 heterocycles. The van der Waals surface area contributed by atoms with Gasteiger partial charge in [0.2, 0.25) is 0 Å². The molecule has 2 aromatic rings. The van der Waals surface area contributed by atoms with Gasteiger partial charge >= 0.3 is 0 Å². The summed E-state index contributed by atoms with van der Waals surface area (Å²) in [4.78, 5) is 8.29. The smallest absolute Gasteiger partial charge is 0.0397 e. The van der Waals surface area contributed by atoms with Crippen LogP contribution in [0.4, 0.5) is 5.69 Å². The largest absolute Gasteiger partial charge is 0.398 e. The van der Waals surface area contributed by atoms with E-state index in [1.807, 2.05) is 24.5 Å². The molecule has 0 saturated heterocycles. The summed E-state index contributed by atoms with van der Waals surface area (Å²) < 4.78 is 0. The van der Waals surface area contributed by atoms with E-state index >= 15 is 0 Å². The number of nitrogens with one attached hydrogen (secondary N) is 1. The van der Waals surface area contributed by atoms with E-state index < -0.39 is 0 Å². The number of nitrogens with two attached hydrogens (primary N) is 1. The third-order valence-corrected chi connectivity index (χ3v) is 2.88. The van der Waals surface area contributed by atoms with E-state index in [2.05, 4.69) is 28.3 Å². The van der Waals surface area contributed by atoms with Gasteiger partial charge in [0.1, 0.15) is 0 Å². The second kappa shape index (κ2) is 6.12. The lowest BCUT2D eigenvalue weighted by molar-refractivity contribution is 0.549. The highest BCUT2D eigenvalue weighted by Crippen LogP contribution is 2.22. The van der Waals surface area contributed by atoms with Crippen molar-refractivity contribution in [3.63, 3.8) is 0 Å². The summed E-state index contributed by atoms with van der Waals surface area (Å²) in [6.45, 7) is 2.97. The third-order valence-electron chi connectivity index (χ3n) is 2.88. The fourth-order valence-corrected chi connectivity index (χ4v) is 2.00. The summed E-state index contributed by atoms with van der Waals surface area (Å²) in [7, 11) is 0. The summed E-state index contributed by atoms with van der Waals surface area (Å²) in [6, 6.07) is 6.03. The van der Waals surface area contributed by atoms with Crippen LogP contribution in [0.3, 0.4) is 0 Å². The monoisotopic (exact) mass is 242 g/mol. The maximum atomic E-state index is 6.01. The molecule has 0 fully saturated rings. The van der Waals surface area contributed by atoms with Crippen molar-refractivity contribution in [2.24, 2.45) is 0 Å². The van der Waals surface area contributed by atoms with Gasteiger partial charge in [-0.1, -0.05) is 13.0 Å². The Morgan fingerprint density at radius 2 is 2.06 bits per heavy atom. The SMILES string of the molecule is CCNC(Cc1cccnc1)c1cnccc1N. The number of likely N-dealkylation sites (N-methyl/N-ethyl adjacent to an activating group) is 1. The van der Waals surface area contributed by atoms with Gasteiger partial charge in [-0.3, -0.25) is 9.97 Å². The molecule has 0 amide bonds. The maximum Gasteiger partial charge on any atom is 0.0397 e. The second-order valence-electron chi connectivity index (χ2n) is 4.18. The Morgan fingerprint density at radius 1 is 1.22 bits per heavy atom. The zero-order valence-corrected chi connectivity index (χ0v) is 10.5. The molecule has 2 aromatic heterocycles. The predicted octanol–water partition coefficient (Wildman–Crippen LogP) is 1.95. The van der Waals surface area contributed by atoms with Crippen molar-refractivity contribution in [3.05, 3.63) is 54.1 Å². The molecular formula is C14H18N4. The second-order valence-corrected chi connectivity index (χ2v) is 4.18. The van der Waals surface area contributed by atoms with Crippen LogP contribution in [-0.2, 0) is 6.42 Å². The topological polar surface area (TPSA) is 63.8 Å². The van der Waals surface area contributed by atoms with Crippen molar-refractivity contribution >= 4 is 5.69 Å². The van der Waals surface area contributed by atoms with E-state index in [0.29, 0.717) is 0 Å². The number of nitrogens with zero attached hydrogens (tertiary/aromatic N) is 2. The number of pyridine rings is 2. The van der Waals surface area contributed by atoms with Crippen LogP contribution < -0.4 is 11.1 Å². The van der Waals surface area contributed by atoms with Gasteiger partial charge in [0.05, 0.1) is 0 Å². The van der Waals surface area contributed by atoms with Crippen molar-refractivity contribution in [1.82, 2.24) is 15.3 Å². The molecule has 3 N–H and O–H groups in total. The molecule has 0 radical (unpaired) electrons. The van der Waals surface area contributed by atoms with E-state index in [9.17, 15) is 0 Å². The van der Waals surface area contributed by atoms with Crippen LogP contribution in [0.1, 0.15) is 24.1 Å². The highest BCUT2D eigenvalue weighted by atomic mass is 14.9. The molecule has 0 spiro atoms. The van der Waals surface area contributed by atoms with Crippen molar-refractivity contribution in [3.8, 4) is 0 Å². The first-order valence-corrected chi connectivity index (χ1v) is 6.13. The molecular weight excluding hydrogens is 224 g/mol. The van der Waals surface area contributed by atoms with Crippen LogP contribution >= 0.6 is 0 Å². The number of hydrogen-bond donors (Lipinski definition) is 2. The highest BCUT2D eigenvalue weighted by molar-refractivity contribution is 5.46. The summed E-state index contributed by atoms with van der Waals surface area (Å²) in [5, 5.41) is 3.44. The standard InChI is InChI=1S/C14H18N4/c1-2-18-14(8-11-4-3-6-16-9-11)12-10-17-7-5-13(12)15/h3-7,9-10,14,18H,2,8H2,1H3,(H2,15,17). The highest BCUT2D eigenvalue weighted by Gasteiger charge is 2.14. The quantitative estimate of drug-likeness (QED) is 0.841. The molecule has 2 rings (SSSR count). The molecule has 94 valence electrons. The van der Waals surface area contributed by atoms with Crippen molar-refractivity contribution in [1.29, 1.82) is 0 Å². The first kappa shape index (κ1) is 12.5. The van der Waals surface area contributed by atoms with Gasteiger partial charge in [-0.05, 0) is 30.7 Å². The summed E-state index contributed by atoms with van der Waals surface area (Å²) in [6.07, 6.45) is 8.07. The summed E-state index contributed by atoms with van der Waals surface area (Å²) in [5.74, 6) is 0. The molecule has 0 aromatic carbocycles. The lowest BCUT2D eigenvalue weighted by Crippen LogP contribution is -2.24. The van der Waals surface area contributed by atoms with Gasteiger partial charge in [-0.15, -0.1) is 0 Å². The molecule has 18 heavy (non-hydrogen) atoms. The number of hydrogen-bond acceptors (Lipinski definition) is 4. The Hall–Kier alpha value is -1.94. The molecule has 0 aliphatic carbocycles. The third kappa shape index (κ3) is 3.05. The van der Waals surface area contributed by atoms with Gasteiger partial charge in [-0.2, -0.15) is 0 Å². The zero-order chi connectivity index (χ0) is 12.8. The fraction of sp³-hybridized carbons (Fsp3) is 0.286. The first-order valence-electron chi connectivity index (χ1n) is 6.13. The summed E-state index contributed by atoms with van der Waals surface area (Å²) in [5.41, 5.74) is 9.02. The average Bonchev–Trinajstić information content (AvgIpc) is 2.40. The van der Waals surface area contributed by atoms with Crippen LogP contribution in [0.2, 0.25) is 0 Å². The number of aromatic nitrogens is 2. The minimum atomic E-state index is 0.174. The number of rotatable bonds is 5. The maximum absolute atomic E-state index is 6.01. The number of anilines is 1. The Labute approximate surface area is 107 Å². The fourth-order valence-electron chi connectivity index (χ4n) is 2.00. The van der Waals surface area contributed by atoms with E-state index in [1.54, 1.807) is 12.4 Å². The molecule has 4 nitrogen and oxygen atoms in total. The first-order chi connectivity index (χ1) is 8.81. The summed E-state index contributed by atoms with van der Waals surface area (Å²) >= 11 is 0. The Bertz CT molecular complexity index is 484. The Balaban J connectivity index is 2.21. The van der Waals surface area contributed by atoms with Crippen molar-refractivity contribution in [2.45, 2.75) is 19.4 Å². The Kier molecular flexibility index (Phi) is 4.25. The average molecular weight is 242 g/mol. The van der Waals surface area contributed by atoms with Gasteiger partial charge in [0.15, 0.2) is 0 Å². The van der Waals surface area contributed by atoms with E-state index in [-0.39, 0.29) is 6.04 Å². The lowest BCUT2D eigenvalue weighted by Gasteiger charge is -2.19. The molecule has 1 atom stereocenters. The van der Waals surface area contributed by atoms with Gasteiger partial charge in [0, 0.05) is 42.1 Å². The van der Waals surface area contributed by atoms with Gasteiger partial charge in [-0.25, -0.2) is 0 Å². The van der Waals surface area contributed by atoms with Crippen LogP contribution in [0, 0.1) is 0 Å². The molecule has 0 bridgehead atoms. The minimum Gasteiger partial charge on any atom is -0.398 e. The molecule has 1 unspecified atom stereocenters. The Morgan fingerprint density at radius 3 is 2.72 bits per heavy atom. The van der Waals surface area contributed by atoms with E-state index in [4.69, 9.17) is 5.73 Å². The molecule has 0 saturated carbocycles. The van der Waals surface area contributed by atoms with E-state index in [1.165, 1.54) is 5.56 Å². The van der Waals surface area contributed by atoms with Gasteiger partial charge < -0.3 is 11.1 Å². The lowest BCUT2D eigenvalue weighted by atomic mass is 10.00. The molecule has 0 aliphatic heterocycles. The zero-order valence-electron chi connectivity index (χ0n) is 10.5. The molecule has 4 heteroatoms. The van der Waals surface area contributed by atoms with Crippen molar-refractivity contribution < 1.29 is 0 Å². The van der Waals surface area contributed by atoms with E-state index in [0.717, 1.165) is 24.2 Å². The van der Waals surface area contributed by atoms with Gasteiger partial charge in [0.25, 0.3) is 0 Å². The minimum absolute atomic E-state index is 0.174. The van der Waals surface area contributed by atoms with Crippen LogP contribution in [0.15, 0.2) is 43.0 Å². The van der Waals surface area contributed by atoms with Crippen molar-refractivity contribution in [2.75, 3.05) is 12.3 Å². The molecule has 0 aliphatic rings. The van der Waals surface area contributed by atoms with Crippen LogP contribution in [-0.4, -0.2) is 16.5 Å². The predicted molar refractivity (Wildman–Crippen MR) is 73.0 cm³/mol. The van der Waals surface area contributed by atoms with Crippen LogP contribution in [0.5, 0.6) is 0 Å².